The SMILES string of the molecule is CCC(=O)c1ccc(N2CCN(S(C)(=O)=O)CC2)cn1. The smallest absolute Gasteiger partial charge is 0.211 e. The van der Waals surface area contributed by atoms with E-state index in [9.17, 15) is 13.2 Å². The molecule has 0 aliphatic carbocycles. The Balaban J connectivity index is 2.02. The van der Waals surface area contributed by atoms with E-state index in [2.05, 4.69) is 9.88 Å². The van der Waals surface area contributed by atoms with Crippen LogP contribution in [-0.4, -0.2) is 55.9 Å². The lowest BCUT2D eigenvalue weighted by molar-refractivity contribution is 0.0983. The topological polar surface area (TPSA) is 70.6 Å². The van der Waals surface area contributed by atoms with Crippen molar-refractivity contribution in [3.63, 3.8) is 0 Å². The van der Waals surface area contributed by atoms with Crippen LogP contribution in [0.2, 0.25) is 0 Å². The summed E-state index contributed by atoms with van der Waals surface area (Å²) in [5.74, 6) is 0.0263. The second-order valence-electron chi connectivity index (χ2n) is 4.83. The fraction of sp³-hybridized carbons (Fsp3) is 0.538. The van der Waals surface area contributed by atoms with Gasteiger partial charge in [-0.2, -0.15) is 4.31 Å². The van der Waals surface area contributed by atoms with Crippen molar-refractivity contribution in [1.29, 1.82) is 0 Å². The van der Waals surface area contributed by atoms with Crippen LogP contribution in [0, 0.1) is 0 Å². The van der Waals surface area contributed by atoms with E-state index >= 15 is 0 Å². The molecule has 7 heteroatoms. The molecule has 0 aromatic carbocycles. The molecule has 1 fully saturated rings. The number of anilines is 1. The fourth-order valence-electron chi connectivity index (χ4n) is 2.20. The summed E-state index contributed by atoms with van der Waals surface area (Å²) in [6.07, 6.45) is 3.35. The Bertz CT molecular complexity index is 575. The van der Waals surface area contributed by atoms with E-state index in [1.807, 2.05) is 13.0 Å². The van der Waals surface area contributed by atoms with Gasteiger partial charge in [0.25, 0.3) is 0 Å². The number of ketones is 1. The molecule has 0 bridgehead atoms. The molecule has 1 aliphatic rings. The van der Waals surface area contributed by atoms with E-state index in [1.165, 1.54) is 10.6 Å². The highest BCUT2D eigenvalue weighted by Crippen LogP contribution is 2.17. The van der Waals surface area contributed by atoms with Gasteiger partial charge in [-0.3, -0.25) is 9.78 Å². The molecule has 1 aromatic rings. The monoisotopic (exact) mass is 297 g/mol. The van der Waals surface area contributed by atoms with E-state index in [4.69, 9.17) is 0 Å². The summed E-state index contributed by atoms with van der Waals surface area (Å²) in [7, 11) is -3.11. The average molecular weight is 297 g/mol. The third-order valence-corrected chi connectivity index (χ3v) is 4.73. The lowest BCUT2D eigenvalue weighted by Crippen LogP contribution is -2.48. The number of hydrogen-bond donors (Lipinski definition) is 0. The van der Waals surface area contributed by atoms with Gasteiger partial charge in [0, 0.05) is 32.6 Å². The Hall–Kier alpha value is -1.47. The lowest BCUT2D eigenvalue weighted by atomic mass is 10.2. The summed E-state index contributed by atoms with van der Waals surface area (Å²) in [6, 6.07) is 3.59. The highest BCUT2D eigenvalue weighted by atomic mass is 32.2. The van der Waals surface area contributed by atoms with Gasteiger partial charge in [0.1, 0.15) is 5.69 Å². The standard InChI is InChI=1S/C13H19N3O3S/c1-3-13(17)12-5-4-11(10-14-12)15-6-8-16(9-7-15)20(2,18)19/h4-5,10H,3,6-9H2,1-2H3. The van der Waals surface area contributed by atoms with Crippen LogP contribution in [0.1, 0.15) is 23.8 Å². The number of Topliss-reactive ketones (excluding diaryl/α,β-unsaturated/α-hetero) is 1. The number of sulfonamides is 1. The van der Waals surface area contributed by atoms with Gasteiger partial charge in [0.2, 0.25) is 10.0 Å². The van der Waals surface area contributed by atoms with Gasteiger partial charge in [0.05, 0.1) is 18.1 Å². The van der Waals surface area contributed by atoms with E-state index in [-0.39, 0.29) is 5.78 Å². The van der Waals surface area contributed by atoms with Crippen LogP contribution >= 0.6 is 0 Å². The number of aromatic nitrogens is 1. The van der Waals surface area contributed by atoms with Gasteiger partial charge in [-0.15, -0.1) is 0 Å². The Morgan fingerprint density at radius 2 is 1.90 bits per heavy atom. The number of pyridine rings is 1. The fourth-order valence-corrected chi connectivity index (χ4v) is 3.02. The normalized spacial score (nSPS) is 17.2. The number of piperazine rings is 1. The summed E-state index contributed by atoms with van der Waals surface area (Å²) >= 11 is 0. The van der Waals surface area contributed by atoms with E-state index in [0.717, 1.165) is 5.69 Å². The van der Waals surface area contributed by atoms with Crippen molar-refractivity contribution in [2.45, 2.75) is 13.3 Å². The molecule has 0 saturated carbocycles. The van der Waals surface area contributed by atoms with Crippen molar-refractivity contribution >= 4 is 21.5 Å². The molecule has 1 saturated heterocycles. The summed E-state index contributed by atoms with van der Waals surface area (Å²) in [6.45, 7) is 4.04. The van der Waals surface area contributed by atoms with E-state index < -0.39 is 10.0 Å². The van der Waals surface area contributed by atoms with Crippen molar-refractivity contribution in [2.75, 3.05) is 37.3 Å². The molecule has 6 nitrogen and oxygen atoms in total. The molecular formula is C13H19N3O3S. The summed E-state index contributed by atoms with van der Waals surface area (Å²) < 4.78 is 24.4. The Morgan fingerprint density at radius 1 is 1.25 bits per heavy atom. The Kier molecular flexibility index (Phi) is 4.39. The van der Waals surface area contributed by atoms with E-state index in [1.54, 1.807) is 12.3 Å². The lowest BCUT2D eigenvalue weighted by Gasteiger charge is -2.34. The van der Waals surface area contributed by atoms with Crippen molar-refractivity contribution < 1.29 is 13.2 Å². The minimum atomic E-state index is -3.11. The highest BCUT2D eigenvalue weighted by Gasteiger charge is 2.23. The molecule has 110 valence electrons. The molecule has 1 aliphatic heterocycles. The van der Waals surface area contributed by atoms with Crippen molar-refractivity contribution in [1.82, 2.24) is 9.29 Å². The maximum absolute atomic E-state index is 11.5. The zero-order valence-electron chi connectivity index (χ0n) is 11.7. The molecule has 20 heavy (non-hydrogen) atoms. The van der Waals surface area contributed by atoms with Gasteiger partial charge in [-0.25, -0.2) is 8.42 Å². The molecule has 0 N–H and O–H groups in total. The zero-order valence-corrected chi connectivity index (χ0v) is 12.6. The van der Waals surface area contributed by atoms with E-state index in [0.29, 0.717) is 38.3 Å². The van der Waals surface area contributed by atoms with Gasteiger partial charge in [-0.1, -0.05) is 6.92 Å². The van der Waals surface area contributed by atoms with Gasteiger partial charge in [0.15, 0.2) is 5.78 Å². The zero-order chi connectivity index (χ0) is 14.8. The quantitative estimate of drug-likeness (QED) is 0.767. The number of carbonyl (C=O) groups is 1. The second-order valence-corrected chi connectivity index (χ2v) is 6.81. The maximum atomic E-state index is 11.5. The minimum Gasteiger partial charge on any atom is -0.368 e. The third-order valence-electron chi connectivity index (χ3n) is 3.43. The number of nitrogens with zero attached hydrogens (tertiary/aromatic N) is 3. The van der Waals surface area contributed by atoms with Crippen LogP contribution in [0.4, 0.5) is 5.69 Å². The van der Waals surface area contributed by atoms with Gasteiger partial charge in [-0.05, 0) is 12.1 Å². The third kappa shape index (κ3) is 3.34. The molecular weight excluding hydrogens is 278 g/mol. The Labute approximate surface area is 119 Å². The Morgan fingerprint density at radius 3 is 2.35 bits per heavy atom. The van der Waals surface area contributed by atoms with Gasteiger partial charge >= 0.3 is 0 Å². The van der Waals surface area contributed by atoms with Crippen molar-refractivity contribution in [3.8, 4) is 0 Å². The number of rotatable bonds is 4. The van der Waals surface area contributed by atoms with Crippen LogP contribution in [0.5, 0.6) is 0 Å². The maximum Gasteiger partial charge on any atom is 0.211 e. The first kappa shape index (κ1) is 14.9. The van der Waals surface area contributed by atoms with Crippen molar-refractivity contribution in [2.24, 2.45) is 0 Å². The summed E-state index contributed by atoms with van der Waals surface area (Å²) in [5, 5.41) is 0. The molecule has 1 aromatic heterocycles. The van der Waals surface area contributed by atoms with Crippen LogP contribution in [-0.2, 0) is 10.0 Å². The molecule has 0 radical (unpaired) electrons. The van der Waals surface area contributed by atoms with Crippen LogP contribution < -0.4 is 4.90 Å². The first-order valence-corrected chi connectivity index (χ1v) is 8.46. The summed E-state index contributed by atoms with van der Waals surface area (Å²) in [4.78, 5) is 17.8. The molecule has 0 atom stereocenters. The molecule has 2 heterocycles. The largest absolute Gasteiger partial charge is 0.368 e. The first-order chi connectivity index (χ1) is 9.41. The summed E-state index contributed by atoms with van der Waals surface area (Å²) in [5.41, 5.74) is 1.40. The minimum absolute atomic E-state index is 0.0263. The molecule has 2 rings (SSSR count). The number of carbonyl (C=O) groups excluding carboxylic acids is 1. The predicted molar refractivity (Wildman–Crippen MR) is 77.5 cm³/mol. The highest BCUT2D eigenvalue weighted by molar-refractivity contribution is 7.88. The molecule has 0 amide bonds. The van der Waals surface area contributed by atoms with Crippen molar-refractivity contribution in [3.05, 3.63) is 24.0 Å². The molecule has 0 spiro atoms. The van der Waals surface area contributed by atoms with Crippen LogP contribution in [0.3, 0.4) is 0 Å². The van der Waals surface area contributed by atoms with Crippen LogP contribution in [0.15, 0.2) is 18.3 Å². The predicted octanol–water partition coefficient (Wildman–Crippen LogP) is 0.756. The average Bonchev–Trinajstić information content (AvgIpc) is 2.46. The number of hydrogen-bond acceptors (Lipinski definition) is 5. The first-order valence-electron chi connectivity index (χ1n) is 6.61. The molecule has 0 unspecified atom stereocenters. The van der Waals surface area contributed by atoms with Gasteiger partial charge < -0.3 is 4.90 Å². The second kappa shape index (κ2) is 5.88. The van der Waals surface area contributed by atoms with Crippen LogP contribution in [0.25, 0.3) is 0 Å².